The number of nitrogens with one attached hydrogen (secondary N) is 1. The van der Waals surface area contributed by atoms with Gasteiger partial charge in [0.25, 0.3) is 0 Å². The highest BCUT2D eigenvalue weighted by molar-refractivity contribution is 5.90. The van der Waals surface area contributed by atoms with Crippen LogP contribution >= 0.6 is 0 Å². The van der Waals surface area contributed by atoms with E-state index in [1.807, 2.05) is 0 Å². The van der Waals surface area contributed by atoms with Crippen LogP contribution < -0.4 is 5.32 Å². The Bertz CT molecular complexity index is 482. The predicted molar refractivity (Wildman–Crippen MR) is 81.4 cm³/mol. The van der Waals surface area contributed by atoms with E-state index in [-0.39, 0.29) is 5.91 Å². The molecule has 1 unspecified atom stereocenters. The van der Waals surface area contributed by atoms with Gasteiger partial charge in [-0.3, -0.25) is 9.59 Å². The summed E-state index contributed by atoms with van der Waals surface area (Å²) in [6.45, 7) is 6.18. The van der Waals surface area contributed by atoms with Crippen molar-refractivity contribution in [2.45, 2.75) is 25.7 Å². The molecule has 114 valence electrons. The summed E-state index contributed by atoms with van der Waals surface area (Å²) in [4.78, 5) is 22.6. The van der Waals surface area contributed by atoms with Crippen LogP contribution in [0.15, 0.2) is 36.9 Å². The molecule has 0 aliphatic heterocycles. The maximum atomic E-state index is 11.7. The molecule has 0 saturated heterocycles. The Morgan fingerprint density at radius 2 is 2.05 bits per heavy atom. The number of carbonyl (C=O) groups excluding carboxylic acids is 1. The fourth-order valence-electron chi connectivity index (χ4n) is 1.72. The fourth-order valence-corrected chi connectivity index (χ4v) is 1.72. The molecule has 5 nitrogen and oxygen atoms in total. The molecule has 0 saturated carbocycles. The predicted octanol–water partition coefficient (Wildman–Crippen LogP) is 2.80. The van der Waals surface area contributed by atoms with Crippen LogP contribution in [0.2, 0.25) is 0 Å². The van der Waals surface area contributed by atoms with Crippen LogP contribution in [0, 0.1) is 0 Å². The highest BCUT2D eigenvalue weighted by atomic mass is 16.5. The van der Waals surface area contributed by atoms with Gasteiger partial charge in [-0.2, -0.15) is 0 Å². The number of benzene rings is 1. The Hall–Kier alpha value is -2.14. The van der Waals surface area contributed by atoms with Gasteiger partial charge in [0.1, 0.15) is 0 Å². The van der Waals surface area contributed by atoms with Crippen molar-refractivity contribution in [3.63, 3.8) is 0 Å². The lowest BCUT2D eigenvalue weighted by Gasteiger charge is -2.09. The molecule has 0 heterocycles. The fraction of sp³-hybridized carbons (Fsp3) is 0.375. The van der Waals surface area contributed by atoms with Crippen molar-refractivity contribution >= 4 is 17.6 Å². The molecule has 2 N–H and O–H groups in total. The Morgan fingerprint density at radius 1 is 1.38 bits per heavy atom. The maximum Gasteiger partial charge on any atom is 0.310 e. The van der Waals surface area contributed by atoms with Crippen LogP contribution in [-0.4, -0.2) is 30.2 Å². The van der Waals surface area contributed by atoms with E-state index < -0.39 is 11.9 Å². The first-order chi connectivity index (χ1) is 10.0. The van der Waals surface area contributed by atoms with E-state index in [9.17, 15) is 9.59 Å². The molecule has 0 radical (unpaired) electrons. The van der Waals surface area contributed by atoms with Crippen molar-refractivity contribution in [2.75, 3.05) is 18.5 Å². The third kappa shape index (κ3) is 6.23. The number of ether oxygens (including phenoxy) is 1. The number of carbonyl (C=O) groups is 2. The van der Waals surface area contributed by atoms with Crippen LogP contribution in [0.25, 0.3) is 0 Å². The maximum absolute atomic E-state index is 11.7. The van der Waals surface area contributed by atoms with Gasteiger partial charge in [-0.1, -0.05) is 18.2 Å². The van der Waals surface area contributed by atoms with Crippen molar-refractivity contribution < 1.29 is 19.4 Å². The Labute approximate surface area is 124 Å². The van der Waals surface area contributed by atoms with E-state index in [1.54, 1.807) is 37.3 Å². The van der Waals surface area contributed by atoms with Crippen molar-refractivity contribution in [3.8, 4) is 0 Å². The molecule has 1 rings (SSSR count). The second-order valence-corrected chi connectivity index (χ2v) is 4.70. The Kier molecular flexibility index (Phi) is 7.18. The van der Waals surface area contributed by atoms with E-state index in [4.69, 9.17) is 9.84 Å². The highest BCUT2D eigenvalue weighted by Crippen LogP contribution is 2.18. The topological polar surface area (TPSA) is 75.6 Å². The molecule has 21 heavy (non-hydrogen) atoms. The van der Waals surface area contributed by atoms with Gasteiger partial charge in [-0.25, -0.2) is 0 Å². The molecule has 5 heteroatoms. The van der Waals surface area contributed by atoms with Crippen molar-refractivity contribution in [1.82, 2.24) is 0 Å². The summed E-state index contributed by atoms with van der Waals surface area (Å²) in [5.74, 6) is -1.51. The van der Waals surface area contributed by atoms with Gasteiger partial charge in [0, 0.05) is 18.7 Å². The first-order valence-corrected chi connectivity index (χ1v) is 6.86. The third-order valence-corrected chi connectivity index (χ3v) is 2.99. The van der Waals surface area contributed by atoms with E-state index >= 15 is 0 Å². The number of carboxylic acid groups (broad SMARTS) is 1. The van der Waals surface area contributed by atoms with Gasteiger partial charge in [-0.05, 0) is 31.0 Å². The lowest BCUT2D eigenvalue weighted by molar-refractivity contribution is -0.138. The second kappa shape index (κ2) is 8.92. The zero-order valence-corrected chi connectivity index (χ0v) is 12.2. The van der Waals surface area contributed by atoms with Crippen molar-refractivity contribution in [2.24, 2.45) is 0 Å². The quantitative estimate of drug-likeness (QED) is 0.542. The zero-order valence-electron chi connectivity index (χ0n) is 12.2. The summed E-state index contributed by atoms with van der Waals surface area (Å²) >= 11 is 0. The first kappa shape index (κ1) is 16.9. The molecule has 0 aliphatic rings. The monoisotopic (exact) mass is 291 g/mol. The highest BCUT2D eigenvalue weighted by Gasteiger charge is 2.13. The molecule has 1 amide bonds. The zero-order chi connectivity index (χ0) is 15.7. The van der Waals surface area contributed by atoms with Crippen LogP contribution in [0.4, 0.5) is 5.69 Å². The lowest BCUT2D eigenvalue weighted by Crippen LogP contribution is -2.12. The summed E-state index contributed by atoms with van der Waals surface area (Å²) in [6.07, 6.45) is 2.69. The number of carboxylic acids is 1. The van der Waals surface area contributed by atoms with Gasteiger partial charge < -0.3 is 15.2 Å². The second-order valence-electron chi connectivity index (χ2n) is 4.70. The summed E-state index contributed by atoms with van der Waals surface area (Å²) in [5, 5.41) is 11.7. The van der Waals surface area contributed by atoms with Crippen LogP contribution in [0.3, 0.4) is 0 Å². The molecule has 0 fully saturated rings. The molecule has 1 aromatic carbocycles. The molecular weight excluding hydrogens is 270 g/mol. The molecule has 0 aromatic heterocycles. The summed E-state index contributed by atoms with van der Waals surface area (Å²) in [6, 6.07) is 6.84. The molecule has 1 atom stereocenters. The number of hydrogen-bond donors (Lipinski definition) is 2. The minimum absolute atomic E-state index is 0.0868. The summed E-state index contributed by atoms with van der Waals surface area (Å²) in [5.41, 5.74) is 1.37. The minimum Gasteiger partial charge on any atom is -0.481 e. The van der Waals surface area contributed by atoms with E-state index in [0.717, 1.165) is 0 Å². The van der Waals surface area contributed by atoms with E-state index in [1.165, 1.54) is 0 Å². The number of anilines is 1. The standard InChI is InChI=1S/C16H21NO4/c1-3-10-21-11-4-5-15(18)17-14-8-6-13(7-9-14)12(2)16(19)20/h3,6-9,12H,1,4-5,10-11H2,2H3,(H,17,18)(H,19,20). The van der Waals surface area contributed by atoms with Gasteiger partial charge in [0.15, 0.2) is 0 Å². The average molecular weight is 291 g/mol. The minimum atomic E-state index is -0.869. The average Bonchev–Trinajstić information content (AvgIpc) is 2.47. The summed E-state index contributed by atoms with van der Waals surface area (Å²) < 4.78 is 5.19. The smallest absolute Gasteiger partial charge is 0.310 e. The van der Waals surface area contributed by atoms with Gasteiger partial charge in [-0.15, -0.1) is 6.58 Å². The SMILES string of the molecule is C=CCOCCCC(=O)Nc1ccc(C(C)C(=O)O)cc1. The number of hydrogen-bond acceptors (Lipinski definition) is 3. The van der Waals surface area contributed by atoms with Crippen molar-refractivity contribution in [3.05, 3.63) is 42.5 Å². The molecule has 1 aromatic rings. The largest absolute Gasteiger partial charge is 0.481 e. The number of aliphatic carboxylic acids is 1. The molecule has 0 aliphatic carbocycles. The van der Waals surface area contributed by atoms with E-state index in [0.29, 0.717) is 37.3 Å². The Morgan fingerprint density at radius 3 is 2.62 bits per heavy atom. The van der Waals surface area contributed by atoms with Crippen LogP contribution in [-0.2, 0) is 14.3 Å². The Balaban J connectivity index is 2.39. The van der Waals surface area contributed by atoms with Gasteiger partial charge in [0.05, 0.1) is 12.5 Å². The van der Waals surface area contributed by atoms with Gasteiger partial charge in [0.2, 0.25) is 5.91 Å². The summed E-state index contributed by atoms with van der Waals surface area (Å²) in [7, 11) is 0. The molecular formula is C16H21NO4. The number of rotatable bonds is 9. The molecule has 0 bridgehead atoms. The van der Waals surface area contributed by atoms with E-state index in [2.05, 4.69) is 11.9 Å². The van der Waals surface area contributed by atoms with Crippen LogP contribution in [0.5, 0.6) is 0 Å². The normalized spacial score (nSPS) is 11.7. The molecule has 0 spiro atoms. The first-order valence-electron chi connectivity index (χ1n) is 6.86. The van der Waals surface area contributed by atoms with Crippen LogP contribution in [0.1, 0.15) is 31.2 Å². The number of amides is 1. The lowest BCUT2D eigenvalue weighted by atomic mass is 10.0. The van der Waals surface area contributed by atoms with Crippen molar-refractivity contribution in [1.29, 1.82) is 0 Å². The van der Waals surface area contributed by atoms with Gasteiger partial charge >= 0.3 is 5.97 Å². The third-order valence-electron chi connectivity index (χ3n) is 2.99.